The Bertz CT molecular complexity index is 405. The summed E-state index contributed by atoms with van der Waals surface area (Å²) in [6.45, 7) is 9.66. The summed E-state index contributed by atoms with van der Waals surface area (Å²) in [4.78, 5) is 0. The van der Waals surface area contributed by atoms with Crippen LogP contribution in [0.25, 0.3) is 0 Å². The third-order valence-electron chi connectivity index (χ3n) is 3.13. The van der Waals surface area contributed by atoms with Crippen LogP contribution in [0.4, 0.5) is 4.39 Å². The van der Waals surface area contributed by atoms with Gasteiger partial charge in [-0.3, -0.25) is 0 Å². The highest BCUT2D eigenvalue weighted by molar-refractivity contribution is 5.32. The van der Waals surface area contributed by atoms with Crippen molar-refractivity contribution in [1.29, 1.82) is 0 Å². The second-order valence-electron chi connectivity index (χ2n) is 4.75. The smallest absolute Gasteiger partial charge is 0.168 e. The predicted molar refractivity (Wildman–Crippen MR) is 73.5 cm³/mol. The van der Waals surface area contributed by atoms with Crippen LogP contribution in [0.3, 0.4) is 0 Å². The third kappa shape index (κ3) is 3.57. The average Bonchev–Trinajstić information content (AvgIpc) is 2.39. The molecule has 0 amide bonds. The molecule has 100 valence electrons. The van der Waals surface area contributed by atoms with Gasteiger partial charge in [0.2, 0.25) is 0 Å². The standard InChI is InChI=1S/C15H22FNO/c1-5-15(3,11-17-6-2)10-12-8-7-9-13(18-4)14(12)16/h5,7-9,17H,1,6,10-11H2,2-4H3. The minimum Gasteiger partial charge on any atom is -0.494 e. The van der Waals surface area contributed by atoms with Crippen molar-refractivity contribution in [2.45, 2.75) is 20.3 Å². The highest BCUT2D eigenvalue weighted by atomic mass is 19.1. The van der Waals surface area contributed by atoms with E-state index in [0.717, 1.165) is 13.1 Å². The van der Waals surface area contributed by atoms with Crippen molar-refractivity contribution in [2.24, 2.45) is 5.41 Å². The molecule has 2 nitrogen and oxygen atoms in total. The van der Waals surface area contributed by atoms with E-state index in [-0.39, 0.29) is 11.2 Å². The minimum atomic E-state index is -0.274. The van der Waals surface area contributed by atoms with Crippen molar-refractivity contribution in [1.82, 2.24) is 5.32 Å². The van der Waals surface area contributed by atoms with E-state index in [1.54, 1.807) is 12.1 Å². The van der Waals surface area contributed by atoms with E-state index in [1.165, 1.54) is 7.11 Å². The van der Waals surface area contributed by atoms with Crippen LogP contribution < -0.4 is 10.1 Å². The summed E-state index contributed by atoms with van der Waals surface area (Å²) in [5.41, 5.74) is 0.498. The van der Waals surface area contributed by atoms with Gasteiger partial charge in [-0.1, -0.05) is 32.1 Å². The molecule has 0 aromatic heterocycles. The van der Waals surface area contributed by atoms with Gasteiger partial charge in [0.1, 0.15) is 0 Å². The fourth-order valence-corrected chi connectivity index (χ4v) is 1.90. The largest absolute Gasteiger partial charge is 0.494 e. The summed E-state index contributed by atoms with van der Waals surface area (Å²) in [5, 5.41) is 3.28. The fourth-order valence-electron chi connectivity index (χ4n) is 1.90. The van der Waals surface area contributed by atoms with Gasteiger partial charge in [0.05, 0.1) is 7.11 Å². The molecule has 1 atom stereocenters. The molecule has 0 heterocycles. The highest BCUT2D eigenvalue weighted by Gasteiger charge is 2.22. The van der Waals surface area contributed by atoms with Gasteiger partial charge in [0.25, 0.3) is 0 Å². The molecule has 0 saturated heterocycles. The van der Waals surface area contributed by atoms with Crippen LogP contribution in [0.2, 0.25) is 0 Å². The summed E-state index contributed by atoms with van der Waals surface area (Å²) in [6.07, 6.45) is 2.49. The van der Waals surface area contributed by atoms with Gasteiger partial charge in [0.15, 0.2) is 11.6 Å². The molecule has 0 radical (unpaired) electrons. The maximum Gasteiger partial charge on any atom is 0.168 e. The third-order valence-corrected chi connectivity index (χ3v) is 3.13. The van der Waals surface area contributed by atoms with Gasteiger partial charge < -0.3 is 10.1 Å². The summed E-state index contributed by atoms with van der Waals surface area (Å²) in [5.74, 6) is 0.0203. The molecule has 1 aromatic carbocycles. The van der Waals surface area contributed by atoms with Crippen molar-refractivity contribution in [3.63, 3.8) is 0 Å². The molecule has 1 N–H and O–H groups in total. The van der Waals surface area contributed by atoms with E-state index < -0.39 is 0 Å². The SMILES string of the molecule is C=CC(C)(CNCC)Cc1cccc(OC)c1F. The van der Waals surface area contributed by atoms with Crippen LogP contribution in [-0.2, 0) is 6.42 Å². The molecule has 18 heavy (non-hydrogen) atoms. The first-order valence-electron chi connectivity index (χ1n) is 6.22. The molecule has 0 fully saturated rings. The Morgan fingerprint density at radius 3 is 2.78 bits per heavy atom. The Balaban J connectivity index is 2.91. The van der Waals surface area contributed by atoms with E-state index in [2.05, 4.69) is 25.7 Å². The lowest BCUT2D eigenvalue weighted by Gasteiger charge is -2.26. The molecule has 0 spiro atoms. The van der Waals surface area contributed by atoms with Crippen LogP contribution >= 0.6 is 0 Å². The molecular weight excluding hydrogens is 229 g/mol. The van der Waals surface area contributed by atoms with Crippen molar-refractivity contribution >= 4 is 0 Å². The summed E-state index contributed by atoms with van der Waals surface area (Å²) in [6, 6.07) is 5.24. The predicted octanol–water partition coefficient (Wildman–Crippen LogP) is 3.18. The summed E-state index contributed by atoms with van der Waals surface area (Å²) < 4.78 is 19.1. The molecule has 1 unspecified atom stereocenters. The van der Waals surface area contributed by atoms with Gasteiger partial charge >= 0.3 is 0 Å². The van der Waals surface area contributed by atoms with E-state index in [1.807, 2.05) is 12.1 Å². The first-order chi connectivity index (χ1) is 8.56. The van der Waals surface area contributed by atoms with Crippen molar-refractivity contribution in [3.05, 3.63) is 42.2 Å². The van der Waals surface area contributed by atoms with Gasteiger partial charge in [-0.2, -0.15) is 0 Å². The van der Waals surface area contributed by atoms with Crippen LogP contribution in [0.15, 0.2) is 30.9 Å². The summed E-state index contributed by atoms with van der Waals surface area (Å²) >= 11 is 0. The number of rotatable bonds is 7. The number of benzene rings is 1. The Kier molecular flexibility index (Phi) is 5.35. The minimum absolute atomic E-state index is 0.163. The quantitative estimate of drug-likeness (QED) is 0.751. The Hall–Kier alpha value is -1.35. The van der Waals surface area contributed by atoms with Crippen LogP contribution in [0.5, 0.6) is 5.75 Å². The van der Waals surface area contributed by atoms with Gasteiger partial charge in [-0.05, 0) is 24.6 Å². The molecule has 1 rings (SSSR count). The van der Waals surface area contributed by atoms with Crippen molar-refractivity contribution in [2.75, 3.05) is 20.2 Å². The van der Waals surface area contributed by atoms with Gasteiger partial charge in [-0.15, -0.1) is 6.58 Å². The Morgan fingerprint density at radius 2 is 2.22 bits per heavy atom. The molecule has 3 heteroatoms. The van der Waals surface area contributed by atoms with Gasteiger partial charge in [-0.25, -0.2) is 4.39 Å². The molecular formula is C15H22FNO. The Labute approximate surface area is 109 Å². The zero-order valence-corrected chi connectivity index (χ0v) is 11.4. The van der Waals surface area contributed by atoms with Crippen LogP contribution in [0.1, 0.15) is 19.4 Å². The lowest BCUT2D eigenvalue weighted by atomic mass is 9.83. The van der Waals surface area contributed by atoms with Crippen molar-refractivity contribution in [3.8, 4) is 5.75 Å². The normalized spacial score (nSPS) is 14.0. The summed E-state index contributed by atoms with van der Waals surface area (Å²) in [7, 11) is 1.48. The monoisotopic (exact) mass is 251 g/mol. The number of hydrogen-bond donors (Lipinski definition) is 1. The van der Waals surface area contributed by atoms with E-state index in [0.29, 0.717) is 17.7 Å². The average molecular weight is 251 g/mol. The Morgan fingerprint density at radius 1 is 1.50 bits per heavy atom. The first kappa shape index (κ1) is 14.7. The highest BCUT2D eigenvalue weighted by Crippen LogP contribution is 2.28. The molecule has 0 aliphatic heterocycles. The maximum absolute atomic E-state index is 14.1. The van der Waals surface area contributed by atoms with E-state index in [9.17, 15) is 4.39 Å². The van der Waals surface area contributed by atoms with Gasteiger partial charge in [0, 0.05) is 12.0 Å². The molecule has 0 saturated carbocycles. The number of hydrogen-bond acceptors (Lipinski definition) is 2. The van der Waals surface area contributed by atoms with E-state index >= 15 is 0 Å². The fraction of sp³-hybridized carbons (Fsp3) is 0.467. The lowest BCUT2D eigenvalue weighted by molar-refractivity contribution is 0.367. The number of ether oxygens (including phenoxy) is 1. The van der Waals surface area contributed by atoms with Crippen LogP contribution in [-0.4, -0.2) is 20.2 Å². The number of halogens is 1. The molecule has 1 aromatic rings. The molecule has 0 aliphatic carbocycles. The second kappa shape index (κ2) is 6.55. The lowest BCUT2D eigenvalue weighted by Crippen LogP contribution is -2.32. The topological polar surface area (TPSA) is 21.3 Å². The zero-order valence-electron chi connectivity index (χ0n) is 11.4. The van der Waals surface area contributed by atoms with Crippen molar-refractivity contribution < 1.29 is 9.13 Å². The van der Waals surface area contributed by atoms with E-state index in [4.69, 9.17) is 4.74 Å². The molecule has 0 aliphatic rings. The van der Waals surface area contributed by atoms with Crippen LogP contribution in [0, 0.1) is 11.2 Å². The number of methoxy groups -OCH3 is 1. The maximum atomic E-state index is 14.1. The number of nitrogens with one attached hydrogen (secondary N) is 1. The molecule has 0 bridgehead atoms. The first-order valence-corrected chi connectivity index (χ1v) is 6.22. The second-order valence-corrected chi connectivity index (χ2v) is 4.75. The zero-order chi connectivity index (χ0) is 13.6.